The molecular formula is C18H13ClN2OS. The summed E-state index contributed by atoms with van der Waals surface area (Å²) >= 11 is 11.4. The zero-order chi connectivity index (χ0) is 16.2. The molecule has 0 saturated carbocycles. The summed E-state index contributed by atoms with van der Waals surface area (Å²) in [4.78, 5) is 12.5. The highest BCUT2D eigenvalue weighted by Crippen LogP contribution is 2.25. The topological polar surface area (TPSA) is 41.1 Å². The monoisotopic (exact) mass is 340 g/mol. The maximum atomic E-state index is 12.5. The largest absolute Gasteiger partial charge is 0.332 e. The van der Waals surface area contributed by atoms with E-state index in [4.69, 9.17) is 23.8 Å². The summed E-state index contributed by atoms with van der Waals surface area (Å²) in [6, 6.07) is 20.3. The van der Waals surface area contributed by atoms with Crippen molar-refractivity contribution in [3.8, 4) is 0 Å². The van der Waals surface area contributed by atoms with Crippen LogP contribution in [0.5, 0.6) is 0 Å². The van der Waals surface area contributed by atoms with Crippen LogP contribution in [0.15, 0.2) is 66.7 Å². The number of para-hydroxylation sites is 1. The van der Waals surface area contributed by atoms with Crippen LogP contribution in [-0.4, -0.2) is 11.0 Å². The third-order valence-corrected chi connectivity index (χ3v) is 3.91. The van der Waals surface area contributed by atoms with Gasteiger partial charge in [-0.15, -0.1) is 0 Å². The summed E-state index contributed by atoms with van der Waals surface area (Å²) in [6.45, 7) is 0. The van der Waals surface area contributed by atoms with E-state index in [9.17, 15) is 4.79 Å². The van der Waals surface area contributed by atoms with Crippen LogP contribution in [-0.2, 0) is 0 Å². The predicted molar refractivity (Wildman–Crippen MR) is 99.1 cm³/mol. The molecule has 0 heterocycles. The van der Waals surface area contributed by atoms with Gasteiger partial charge in [0.25, 0.3) is 5.91 Å². The summed E-state index contributed by atoms with van der Waals surface area (Å²) in [5.41, 5.74) is 1.35. The van der Waals surface area contributed by atoms with Crippen LogP contribution in [0.1, 0.15) is 10.4 Å². The number of thiocarbonyl (C=S) groups is 1. The Hall–Kier alpha value is -2.43. The smallest absolute Gasteiger partial charge is 0.258 e. The minimum Gasteiger partial charge on any atom is -0.332 e. The van der Waals surface area contributed by atoms with E-state index in [2.05, 4.69) is 10.6 Å². The number of benzene rings is 3. The molecule has 0 aliphatic rings. The molecule has 0 radical (unpaired) electrons. The number of carbonyl (C=O) groups is 1. The first kappa shape index (κ1) is 15.5. The van der Waals surface area contributed by atoms with Crippen molar-refractivity contribution < 1.29 is 4.79 Å². The van der Waals surface area contributed by atoms with Crippen molar-refractivity contribution in [1.29, 1.82) is 0 Å². The standard InChI is InChI=1S/C18H13ClN2OS/c19-16-11-5-8-13-14(16)9-4-10-15(13)17(22)21-18(23)20-12-6-2-1-3-7-12/h1-11H,(H2,20,21,22,23). The van der Waals surface area contributed by atoms with Crippen molar-refractivity contribution in [3.63, 3.8) is 0 Å². The lowest BCUT2D eigenvalue weighted by Crippen LogP contribution is -2.34. The van der Waals surface area contributed by atoms with E-state index in [-0.39, 0.29) is 11.0 Å². The fourth-order valence-electron chi connectivity index (χ4n) is 2.32. The number of carbonyl (C=O) groups excluding carboxylic acids is 1. The van der Waals surface area contributed by atoms with Crippen LogP contribution in [0.2, 0.25) is 5.02 Å². The highest BCUT2D eigenvalue weighted by Gasteiger charge is 2.12. The van der Waals surface area contributed by atoms with E-state index in [1.165, 1.54) is 0 Å². The highest BCUT2D eigenvalue weighted by atomic mass is 35.5. The molecule has 0 spiro atoms. The second kappa shape index (κ2) is 6.77. The maximum absolute atomic E-state index is 12.5. The van der Waals surface area contributed by atoms with Gasteiger partial charge in [0.05, 0.1) is 0 Å². The Morgan fingerprint density at radius 3 is 2.35 bits per heavy atom. The SMILES string of the molecule is O=C(NC(=S)Nc1ccccc1)c1cccc2c(Cl)cccc12. The molecule has 5 heteroatoms. The third-order valence-electron chi connectivity index (χ3n) is 3.37. The molecule has 3 nitrogen and oxygen atoms in total. The van der Waals surface area contributed by atoms with Gasteiger partial charge < -0.3 is 5.32 Å². The number of anilines is 1. The molecule has 0 aliphatic carbocycles. The molecule has 3 rings (SSSR count). The number of rotatable bonds is 2. The Kier molecular flexibility index (Phi) is 4.55. The summed E-state index contributed by atoms with van der Waals surface area (Å²) in [6.07, 6.45) is 0. The van der Waals surface area contributed by atoms with Gasteiger partial charge in [0.1, 0.15) is 0 Å². The Labute approximate surface area is 144 Å². The minimum atomic E-state index is -0.272. The first-order chi connectivity index (χ1) is 11.1. The third kappa shape index (κ3) is 3.50. The van der Waals surface area contributed by atoms with Gasteiger partial charge in [-0.1, -0.05) is 54.1 Å². The Morgan fingerprint density at radius 2 is 1.57 bits per heavy atom. The van der Waals surface area contributed by atoms with Crippen molar-refractivity contribution in [3.05, 3.63) is 77.3 Å². The second-order valence-electron chi connectivity index (χ2n) is 4.91. The molecule has 23 heavy (non-hydrogen) atoms. The van der Waals surface area contributed by atoms with Crippen LogP contribution in [0.4, 0.5) is 5.69 Å². The Bertz CT molecular complexity index is 881. The van der Waals surface area contributed by atoms with Gasteiger partial charge >= 0.3 is 0 Å². The van der Waals surface area contributed by atoms with E-state index in [0.29, 0.717) is 10.6 Å². The average Bonchev–Trinajstić information content (AvgIpc) is 2.55. The van der Waals surface area contributed by atoms with Gasteiger partial charge in [0.2, 0.25) is 0 Å². The number of halogens is 1. The summed E-state index contributed by atoms with van der Waals surface area (Å²) < 4.78 is 0. The van der Waals surface area contributed by atoms with E-state index in [1.54, 1.807) is 18.2 Å². The first-order valence-corrected chi connectivity index (χ1v) is 7.78. The van der Waals surface area contributed by atoms with Gasteiger partial charge in [0, 0.05) is 21.7 Å². The molecule has 0 aliphatic heterocycles. The number of fused-ring (bicyclic) bond motifs is 1. The maximum Gasteiger partial charge on any atom is 0.258 e. The molecular weight excluding hydrogens is 328 g/mol. The fourth-order valence-corrected chi connectivity index (χ4v) is 2.77. The quantitative estimate of drug-likeness (QED) is 0.669. The molecule has 0 aromatic heterocycles. The van der Waals surface area contributed by atoms with Gasteiger partial charge in [-0.2, -0.15) is 0 Å². The minimum absolute atomic E-state index is 0.250. The van der Waals surface area contributed by atoms with Crippen LogP contribution >= 0.6 is 23.8 Å². The lowest BCUT2D eigenvalue weighted by molar-refractivity contribution is 0.0979. The van der Waals surface area contributed by atoms with Gasteiger partial charge in [-0.3, -0.25) is 10.1 Å². The number of hydrogen-bond donors (Lipinski definition) is 2. The Balaban J connectivity index is 1.81. The van der Waals surface area contributed by atoms with Gasteiger partial charge in [0.15, 0.2) is 5.11 Å². The molecule has 114 valence electrons. The summed E-state index contributed by atoms with van der Waals surface area (Å²) in [5.74, 6) is -0.272. The molecule has 3 aromatic carbocycles. The summed E-state index contributed by atoms with van der Waals surface area (Å²) in [7, 11) is 0. The molecule has 1 amide bonds. The lowest BCUT2D eigenvalue weighted by Gasteiger charge is -2.11. The first-order valence-electron chi connectivity index (χ1n) is 7.00. The normalized spacial score (nSPS) is 10.3. The lowest BCUT2D eigenvalue weighted by atomic mass is 10.0. The molecule has 0 unspecified atom stereocenters. The van der Waals surface area contributed by atoms with E-state index < -0.39 is 0 Å². The average molecular weight is 341 g/mol. The number of hydrogen-bond acceptors (Lipinski definition) is 2. The van der Waals surface area contributed by atoms with E-state index >= 15 is 0 Å². The molecule has 2 N–H and O–H groups in total. The second-order valence-corrected chi connectivity index (χ2v) is 5.73. The Morgan fingerprint density at radius 1 is 0.870 bits per heavy atom. The van der Waals surface area contributed by atoms with Gasteiger partial charge in [-0.05, 0) is 41.9 Å². The van der Waals surface area contributed by atoms with Crippen molar-refractivity contribution in [2.24, 2.45) is 0 Å². The van der Waals surface area contributed by atoms with Crippen molar-refractivity contribution in [2.45, 2.75) is 0 Å². The zero-order valence-electron chi connectivity index (χ0n) is 12.0. The van der Waals surface area contributed by atoms with E-state index in [0.717, 1.165) is 16.5 Å². The molecule has 0 fully saturated rings. The highest BCUT2D eigenvalue weighted by molar-refractivity contribution is 7.80. The van der Waals surface area contributed by atoms with Crippen molar-refractivity contribution >= 4 is 51.3 Å². The van der Waals surface area contributed by atoms with Crippen molar-refractivity contribution in [2.75, 3.05) is 5.32 Å². The summed E-state index contributed by atoms with van der Waals surface area (Å²) in [5, 5.41) is 8.16. The van der Waals surface area contributed by atoms with Crippen LogP contribution < -0.4 is 10.6 Å². The molecule has 0 bridgehead atoms. The van der Waals surface area contributed by atoms with Crippen LogP contribution in [0.3, 0.4) is 0 Å². The van der Waals surface area contributed by atoms with Crippen LogP contribution in [0, 0.1) is 0 Å². The molecule has 0 atom stereocenters. The molecule has 3 aromatic rings. The zero-order valence-corrected chi connectivity index (χ0v) is 13.6. The van der Waals surface area contributed by atoms with Crippen molar-refractivity contribution in [1.82, 2.24) is 5.32 Å². The van der Waals surface area contributed by atoms with E-state index in [1.807, 2.05) is 48.5 Å². The fraction of sp³-hybridized carbons (Fsp3) is 0. The number of nitrogens with one attached hydrogen (secondary N) is 2. The van der Waals surface area contributed by atoms with Gasteiger partial charge in [-0.25, -0.2) is 0 Å². The predicted octanol–water partition coefficient (Wildman–Crippen LogP) is 4.62. The van der Waals surface area contributed by atoms with Crippen LogP contribution in [0.25, 0.3) is 10.8 Å². The molecule has 0 saturated heterocycles. The number of amides is 1.